The molecule has 3 rings (SSSR count). The first kappa shape index (κ1) is 20.6. The minimum Gasteiger partial charge on any atom is -0.441 e. The molecule has 0 aliphatic heterocycles. The molecule has 148 valence electrons. The minimum atomic E-state index is -0.0820. The maximum atomic E-state index is 12.1. The van der Waals surface area contributed by atoms with E-state index in [1.807, 2.05) is 11.5 Å². The Morgan fingerprint density at radius 3 is 2.93 bits per heavy atom. The number of hydrogen-bond donors (Lipinski definition) is 2. The van der Waals surface area contributed by atoms with Gasteiger partial charge in [0.05, 0.1) is 11.2 Å². The first-order valence-corrected chi connectivity index (χ1v) is 9.95. The Morgan fingerprint density at radius 2 is 2.18 bits per heavy atom. The molecule has 0 bridgehead atoms. The lowest BCUT2D eigenvalue weighted by atomic mass is 10.2. The molecule has 28 heavy (non-hydrogen) atoms. The zero-order chi connectivity index (χ0) is 20.1. The van der Waals surface area contributed by atoms with Crippen LogP contribution >= 0.6 is 35.4 Å². The highest BCUT2D eigenvalue weighted by Gasteiger charge is 2.12. The van der Waals surface area contributed by atoms with Crippen molar-refractivity contribution >= 4 is 41.3 Å². The normalized spacial score (nSPS) is 11.0. The van der Waals surface area contributed by atoms with E-state index < -0.39 is 0 Å². The van der Waals surface area contributed by atoms with Gasteiger partial charge in [0.25, 0.3) is 0 Å². The molecule has 3 aromatic rings. The quantitative estimate of drug-likeness (QED) is 0.513. The Balaban J connectivity index is 1.48. The number of aromatic amines is 1. The highest BCUT2D eigenvalue weighted by Crippen LogP contribution is 2.30. The molecule has 0 aliphatic carbocycles. The summed E-state index contributed by atoms with van der Waals surface area (Å²) in [5, 5.41) is 10.8. The number of benzene rings is 1. The molecule has 2 N–H and O–H groups in total. The van der Waals surface area contributed by atoms with Gasteiger partial charge >= 0.3 is 0 Å². The summed E-state index contributed by atoms with van der Waals surface area (Å²) in [7, 11) is 0. The third-order valence-electron chi connectivity index (χ3n) is 4.14. The summed E-state index contributed by atoms with van der Waals surface area (Å²) in [5.74, 6) is 1.76. The van der Waals surface area contributed by atoms with E-state index in [0.717, 1.165) is 12.4 Å². The molecule has 1 aromatic carbocycles. The van der Waals surface area contributed by atoms with Crippen LogP contribution in [0.5, 0.6) is 0 Å². The molecule has 0 unspecified atom stereocenters. The number of amides is 1. The second-order valence-corrected chi connectivity index (χ2v) is 7.26. The SMILES string of the molecule is CCn1c(CCNC(=O)CCc2ncc(-c3ccc(Cl)cc3Cl)o2)n[nH]c1=S. The van der Waals surface area contributed by atoms with Gasteiger partial charge in [0.2, 0.25) is 5.91 Å². The number of nitrogens with zero attached hydrogens (tertiary/aromatic N) is 3. The summed E-state index contributed by atoms with van der Waals surface area (Å²) in [4.78, 5) is 16.3. The monoisotopic (exact) mass is 439 g/mol. The van der Waals surface area contributed by atoms with Crippen LogP contribution in [-0.4, -0.2) is 32.2 Å². The van der Waals surface area contributed by atoms with Crippen LogP contribution in [0.25, 0.3) is 11.3 Å². The number of H-pyrrole nitrogens is 1. The van der Waals surface area contributed by atoms with E-state index in [9.17, 15) is 4.79 Å². The molecule has 0 spiro atoms. The fraction of sp³-hybridized carbons (Fsp3) is 0.333. The number of carbonyl (C=O) groups is 1. The average molecular weight is 440 g/mol. The van der Waals surface area contributed by atoms with E-state index in [2.05, 4.69) is 20.5 Å². The Morgan fingerprint density at radius 1 is 1.36 bits per heavy atom. The van der Waals surface area contributed by atoms with Crippen molar-refractivity contribution in [1.29, 1.82) is 0 Å². The molecule has 0 radical (unpaired) electrons. The molecule has 0 aliphatic rings. The third-order valence-corrected chi connectivity index (χ3v) is 5.00. The molecule has 0 saturated carbocycles. The lowest BCUT2D eigenvalue weighted by molar-refractivity contribution is -0.121. The molecular weight excluding hydrogens is 421 g/mol. The van der Waals surface area contributed by atoms with Crippen molar-refractivity contribution in [3.05, 3.63) is 50.9 Å². The smallest absolute Gasteiger partial charge is 0.220 e. The summed E-state index contributed by atoms with van der Waals surface area (Å²) in [6.07, 6.45) is 2.86. The van der Waals surface area contributed by atoms with E-state index in [-0.39, 0.29) is 12.3 Å². The van der Waals surface area contributed by atoms with Gasteiger partial charge in [-0.1, -0.05) is 23.2 Å². The Labute approximate surface area is 177 Å². The first-order valence-electron chi connectivity index (χ1n) is 8.78. The summed E-state index contributed by atoms with van der Waals surface area (Å²) >= 11 is 17.2. The van der Waals surface area contributed by atoms with E-state index in [4.69, 9.17) is 39.8 Å². The molecule has 0 saturated heterocycles. The van der Waals surface area contributed by atoms with Crippen molar-refractivity contribution in [3.63, 3.8) is 0 Å². The predicted molar refractivity (Wildman–Crippen MR) is 110 cm³/mol. The van der Waals surface area contributed by atoms with Crippen LogP contribution in [-0.2, 0) is 24.2 Å². The summed E-state index contributed by atoms with van der Waals surface area (Å²) < 4.78 is 8.19. The third kappa shape index (κ3) is 5.01. The van der Waals surface area contributed by atoms with E-state index >= 15 is 0 Å². The van der Waals surface area contributed by atoms with E-state index in [1.54, 1.807) is 24.4 Å². The maximum absolute atomic E-state index is 12.1. The van der Waals surface area contributed by atoms with E-state index in [1.165, 1.54) is 0 Å². The average Bonchev–Trinajstić information content (AvgIpc) is 3.26. The number of nitrogens with one attached hydrogen (secondary N) is 2. The first-order chi connectivity index (χ1) is 13.5. The minimum absolute atomic E-state index is 0.0820. The number of oxazole rings is 1. The maximum Gasteiger partial charge on any atom is 0.220 e. The van der Waals surface area contributed by atoms with Gasteiger partial charge in [-0.15, -0.1) is 0 Å². The zero-order valence-corrected chi connectivity index (χ0v) is 17.5. The molecule has 10 heteroatoms. The second kappa shape index (κ2) is 9.36. The van der Waals surface area contributed by atoms with Crippen molar-refractivity contribution in [2.24, 2.45) is 0 Å². The van der Waals surface area contributed by atoms with Gasteiger partial charge in [0.15, 0.2) is 16.4 Å². The van der Waals surface area contributed by atoms with Crippen LogP contribution in [0, 0.1) is 4.77 Å². The van der Waals surface area contributed by atoms with Crippen LogP contribution < -0.4 is 5.32 Å². The van der Waals surface area contributed by atoms with Crippen LogP contribution in [0.2, 0.25) is 10.0 Å². The lowest BCUT2D eigenvalue weighted by Crippen LogP contribution is -2.26. The van der Waals surface area contributed by atoms with Crippen molar-refractivity contribution in [2.75, 3.05) is 6.54 Å². The van der Waals surface area contributed by atoms with Crippen LogP contribution in [0.4, 0.5) is 0 Å². The Kier molecular flexibility index (Phi) is 6.88. The van der Waals surface area contributed by atoms with Gasteiger partial charge in [-0.25, -0.2) is 4.98 Å². The Bertz CT molecular complexity index is 1030. The van der Waals surface area contributed by atoms with Gasteiger partial charge in [0, 0.05) is 42.9 Å². The molecule has 2 heterocycles. The highest BCUT2D eigenvalue weighted by molar-refractivity contribution is 7.71. The van der Waals surface area contributed by atoms with Gasteiger partial charge in [-0.05, 0) is 37.3 Å². The van der Waals surface area contributed by atoms with Crippen LogP contribution in [0.15, 0.2) is 28.8 Å². The van der Waals surface area contributed by atoms with Gasteiger partial charge in [-0.3, -0.25) is 9.89 Å². The van der Waals surface area contributed by atoms with Gasteiger partial charge < -0.3 is 14.3 Å². The van der Waals surface area contributed by atoms with Crippen molar-refractivity contribution in [2.45, 2.75) is 32.7 Å². The number of hydrogen-bond acceptors (Lipinski definition) is 5. The van der Waals surface area contributed by atoms with Gasteiger partial charge in [0.1, 0.15) is 5.82 Å². The number of rotatable bonds is 8. The summed E-state index contributed by atoms with van der Waals surface area (Å²) in [6.45, 7) is 3.22. The predicted octanol–water partition coefficient (Wildman–Crippen LogP) is 4.21. The van der Waals surface area contributed by atoms with Crippen molar-refractivity contribution in [1.82, 2.24) is 25.1 Å². The summed E-state index contributed by atoms with van der Waals surface area (Å²) in [6, 6.07) is 5.15. The van der Waals surface area contributed by atoms with Crippen molar-refractivity contribution in [3.8, 4) is 11.3 Å². The molecule has 1 amide bonds. The molecule has 0 fully saturated rings. The molecule has 2 aromatic heterocycles. The summed E-state index contributed by atoms with van der Waals surface area (Å²) in [5.41, 5.74) is 0.707. The Hall–Kier alpha value is -2.16. The number of aromatic nitrogens is 4. The molecule has 7 nitrogen and oxygen atoms in total. The van der Waals surface area contributed by atoms with Gasteiger partial charge in [-0.2, -0.15) is 5.10 Å². The number of carbonyl (C=O) groups excluding carboxylic acids is 1. The number of aryl methyl sites for hydroxylation is 1. The zero-order valence-electron chi connectivity index (χ0n) is 15.2. The molecular formula is C18H19Cl2N5O2S. The van der Waals surface area contributed by atoms with E-state index in [0.29, 0.717) is 51.4 Å². The second-order valence-electron chi connectivity index (χ2n) is 6.03. The van der Waals surface area contributed by atoms with Crippen molar-refractivity contribution < 1.29 is 9.21 Å². The highest BCUT2D eigenvalue weighted by atomic mass is 35.5. The topological polar surface area (TPSA) is 88.7 Å². The van der Waals surface area contributed by atoms with Crippen LogP contribution in [0.1, 0.15) is 25.1 Å². The standard InChI is InChI=1S/C18H19Cl2N5O2S/c1-2-25-15(23-24-18(25)28)7-8-21-16(26)5-6-17-22-10-14(27-17)12-4-3-11(19)9-13(12)20/h3-4,9-10H,2,5-8H2,1H3,(H,21,26)(H,24,28). The molecule has 0 atom stereocenters. The largest absolute Gasteiger partial charge is 0.441 e. The fourth-order valence-corrected chi connectivity index (χ4v) is 3.51. The van der Waals surface area contributed by atoms with Crippen LogP contribution in [0.3, 0.4) is 0 Å². The lowest BCUT2D eigenvalue weighted by Gasteiger charge is -2.05. The fourth-order valence-electron chi connectivity index (χ4n) is 2.73. The number of halogens is 2.